The monoisotopic (exact) mass is 251 g/mol. The minimum atomic E-state index is 0.584. The normalized spacial score (nSPS) is 10.3. The molecule has 1 aromatic carbocycles. The Hall–Kier alpha value is -1.26. The second kappa shape index (κ2) is 5.18. The van der Waals surface area contributed by atoms with Crippen LogP contribution >= 0.6 is 23.4 Å². The van der Waals surface area contributed by atoms with Gasteiger partial charge in [-0.3, -0.25) is 0 Å². The fourth-order valence-electron chi connectivity index (χ4n) is 1.12. The Morgan fingerprint density at radius 3 is 2.38 bits per heavy atom. The third-order valence-corrected chi connectivity index (χ3v) is 3.17. The SMILES string of the molecule is Nc1cnc(CSc2ccc(Cl)cc2)nc1. The molecule has 0 aliphatic rings. The predicted octanol–water partition coefficient (Wildman–Crippen LogP) is 3.00. The number of aromatic nitrogens is 2. The van der Waals surface area contributed by atoms with Crippen LogP contribution in [-0.4, -0.2) is 9.97 Å². The van der Waals surface area contributed by atoms with Crippen LogP contribution in [0.15, 0.2) is 41.6 Å². The summed E-state index contributed by atoms with van der Waals surface area (Å²) in [7, 11) is 0. The van der Waals surface area contributed by atoms with Gasteiger partial charge in [-0.2, -0.15) is 0 Å². The molecule has 16 heavy (non-hydrogen) atoms. The van der Waals surface area contributed by atoms with Crippen molar-refractivity contribution in [3.05, 3.63) is 47.5 Å². The van der Waals surface area contributed by atoms with E-state index in [0.29, 0.717) is 5.69 Å². The Kier molecular flexibility index (Phi) is 3.64. The number of anilines is 1. The van der Waals surface area contributed by atoms with Crippen molar-refractivity contribution in [2.24, 2.45) is 0 Å². The third kappa shape index (κ3) is 3.12. The molecule has 1 heterocycles. The number of rotatable bonds is 3. The Morgan fingerprint density at radius 2 is 1.75 bits per heavy atom. The summed E-state index contributed by atoms with van der Waals surface area (Å²) in [6.45, 7) is 0. The summed E-state index contributed by atoms with van der Waals surface area (Å²) < 4.78 is 0. The van der Waals surface area contributed by atoms with E-state index in [9.17, 15) is 0 Å². The van der Waals surface area contributed by atoms with E-state index in [2.05, 4.69) is 9.97 Å². The minimum Gasteiger partial charge on any atom is -0.396 e. The summed E-state index contributed by atoms with van der Waals surface area (Å²) in [4.78, 5) is 9.40. The van der Waals surface area contributed by atoms with Crippen LogP contribution < -0.4 is 5.73 Å². The number of hydrogen-bond acceptors (Lipinski definition) is 4. The standard InChI is InChI=1S/C11H10ClN3S/c12-8-1-3-10(4-2-8)16-7-11-14-5-9(13)6-15-11/h1-6H,7,13H2. The number of hydrogen-bond donors (Lipinski definition) is 1. The Bertz CT molecular complexity index is 410. The van der Waals surface area contributed by atoms with Crippen molar-refractivity contribution < 1.29 is 0 Å². The van der Waals surface area contributed by atoms with E-state index < -0.39 is 0 Å². The lowest BCUT2D eigenvalue weighted by molar-refractivity contribution is 1.04. The molecule has 0 saturated heterocycles. The van der Waals surface area contributed by atoms with Gasteiger partial charge in [-0.15, -0.1) is 11.8 Å². The number of nitrogens with zero attached hydrogens (tertiary/aromatic N) is 2. The Balaban J connectivity index is 1.97. The molecule has 0 aliphatic heterocycles. The zero-order valence-corrected chi connectivity index (χ0v) is 10.0. The lowest BCUT2D eigenvalue weighted by Crippen LogP contribution is -1.94. The van der Waals surface area contributed by atoms with Gasteiger partial charge in [0.25, 0.3) is 0 Å². The van der Waals surface area contributed by atoms with Crippen LogP contribution in [0.2, 0.25) is 5.02 Å². The van der Waals surface area contributed by atoms with Gasteiger partial charge in [0.1, 0.15) is 5.82 Å². The average Bonchev–Trinajstić information content (AvgIpc) is 2.30. The van der Waals surface area contributed by atoms with Crippen LogP contribution in [0.25, 0.3) is 0 Å². The molecule has 2 rings (SSSR count). The maximum absolute atomic E-state index is 5.80. The van der Waals surface area contributed by atoms with E-state index >= 15 is 0 Å². The van der Waals surface area contributed by atoms with Crippen LogP contribution in [0.1, 0.15) is 5.82 Å². The van der Waals surface area contributed by atoms with Crippen molar-refractivity contribution in [2.45, 2.75) is 10.6 Å². The summed E-state index contributed by atoms with van der Waals surface area (Å²) in [6.07, 6.45) is 3.23. The molecule has 82 valence electrons. The lowest BCUT2D eigenvalue weighted by Gasteiger charge is -2.01. The molecule has 3 nitrogen and oxygen atoms in total. The highest BCUT2D eigenvalue weighted by molar-refractivity contribution is 7.98. The van der Waals surface area contributed by atoms with Crippen molar-refractivity contribution in [3.8, 4) is 0 Å². The van der Waals surface area contributed by atoms with Crippen molar-refractivity contribution in [1.29, 1.82) is 0 Å². The molecule has 0 radical (unpaired) electrons. The molecule has 0 aliphatic carbocycles. The van der Waals surface area contributed by atoms with E-state index in [1.807, 2.05) is 24.3 Å². The number of nitrogens with two attached hydrogens (primary N) is 1. The van der Waals surface area contributed by atoms with E-state index in [-0.39, 0.29) is 0 Å². The fourth-order valence-corrected chi connectivity index (χ4v) is 2.02. The second-order valence-corrected chi connectivity index (χ2v) is 4.66. The minimum absolute atomic E-state index is 0.584. The first-order valence-electron chi connectivity index (χ1n) is 4.69. The van der Waals surface area contributed by atoms with Gasteiger partial charge in [0.15, 0.2) is 0 Å². The van der Waals surface area contributed by atoms with Gasteiger partial charge < -0.3 is 5.73 Å². The molecule has 5 heteroatoms. The van der Waals surface area contributed by atoms with Crippen LogP contribution in [0.3, 0.4) is 0 Å². The lowest BCUT2D eigenvalue weighted by atomic mass is 10.4. The van der Waals surface area contributed by atoms with E-state index in [1.54, 1.807) is 24.2 Å². The van der Waals surface area contributed by atoms with Gasteiger partial charge in [-0.05, 0) is 24.3 Å². The number of thioether (sulfide) groups is 1. The number of nitrogen functional groups attached to an aromatic ring is 1. The molecule has 2 N–H and O–H groups in total. The van der Waals surface area contributed by atoms with Gasteiger partial charge in [0.05, 0.1) is 23.8 Å². The first-order chi connectivity index (χ1) is 7.74. The maximum atomic E-state index is 5.80. The molecule has 0 bridgehead atoms. The zero-order chi connectivity index (χ0) is 11.4. The van der Waals surface area contributed by atoms with E-state index in [4.69, 9.17) is 17.3 Å². The average molecular weight is 252 g/mol. The highest BCUT2D eigenvalue weighted by Gasteiger charge is 1.98. The summed E-state index contributed by atoms with van der Waals surface area (Å²) in [6, 6.07) is 7.69. The van der Waals surface area contributed by atoms with E-state index in [0.717, 1.165) is 21.5 Å². The molecule has 0 atom stereocenters. The zero-order valence-electron chi connectivity index (χ0n) is 8.43. The molecular weight excluding hydrogens is 242 g/mol. The summed E-state index contributed by atoms with van der Waals surface area (Å²) in [5.41, 5.74) is 6.09. The quantitative estimate of drug-likeness (QED) is 0.852. The van der Waals surface area contributed by atoms with Gasteiger partial charge in [0, 0.05) is 9.92 Å². The van der Waals surface area contributed by atoms with Crippen LogP contribution in [0.4, 0.5) is 5.69 Å². The third-order valence-electron chi connectivity index (χ3n) is 1.91. The molecule has 0 unspecified atom stereocenters. The predicted molar refractivity (Wildman–Crippen MR) is 67.5 cm³/mol. The number of halogens is 1. The highest BCUT2D eigenvalue weighted by atomic mass is 35.5. The largest absolute Gasteiger partial charge is 0.396 e. The van der Waals surface area contributed by atoms with Crippen molar-refractivity contribution >= 4 is 29.1 Å². The molecular formula is C11H10ClN3S. The van der Waals surface area contributed by atoms with Crippen LogP contribution in [0.5, 0.6) is 0 Å². The van der Waals surface area contributed by atoms with Crippen molar-refractivity contribution in [1.82, 2.24) is 9.97 Å². The topological polar surface area (TPSA) is 51.8 Å². The van der Waals surface area contributed by atoms with Crippen LogP contribution in [0, 0.1) is 0 Å². The Labute approximate surface area is 103 Å². The molecule has 0 fully saturated rings. The molecule has 0 spiro atoms. The summed E-state index contributed by atoms with van der Waals surface area (Å²) >= 11 is 7.46. The molecule has 1 aromatic heterocycles. The fraction of sp³-hybridized carbons (Fsp3) is 0.0909. The molecule has 2 aromatic rings. The first-order valence-corrected chi connectivity index (χ1v) is 6.05. The highest BCUT2D eigenvalue weighted by Crippen LogP contribution is 2.22. The summed E-state index contributed by atoms with van der Waals surface area (Å²) in [5.74, 6) is 1.50. The second-order valence-electron chi connectivity index (χ2n) is 3.18. The Morgan fingerprint density at radius 1 is 1.12 bits per heavy atom. The molecule has 0 amide bonds. The maximum Gasteiger partial charge on any atom is 0.138 e. The number of benzene rings is 1. The van der Waals surface area contributed by atoms with Crippen molar-refractivity contribution in [3.63, 3.8) is 0 Å². The van der Waals surface area contributed by atoms with E-state index in [1.165, 1.54) is 0 Å². The van der Waals surface area contributed by atoms with Crippen LogP contribution in [-0.2, 0) is 5.75 Å². The van der Waals surface area contributed by atoms with Crippen molar-refractivity contribution in [2.75, 3.05) is 5.73 Å². The van der Waals surface area contributed by atoms with Gasteiger partial charge >= 0.3 is 0 Å². The molecule has 0 saturated carbocycles. The van der Waals surface area contributed by atoms with Gasteiger partial charge in [-0.25, -0.2) is 9.97 Å². The van der Waals surface area contributed by atoms with Gasteiger partial charge in [-0.1, -0.05) is 11.6 Å². The first kappa shape index (κ1) is 11.2. The smallest absolute Gasteiger partial charge is 0.138 e. The van der Waals surface area contributed by atoms with Gasteiger partial charge in [0.2, 0.25) is 0 Å². The summed E-state index contributed by atoms with van der Waals surface area (Å²) in [5, 5.41) is 0.744.